The van der Waals surface area contributed by atoms with E-state index in [1.165, 1.54) is 12.0 Å². The Morgan fingerprint density at radius 3 is 2.56 bits per heavy atom. The summed E-state index contributed by atoms with van der Waals surface area (Å²) in [6.45, 7) is 7.25. The Labute approximate surface area is 115 Å². The minimum absolute atomic E-state index is 0.754. The number of rotatable bonds is 4. The normalized spacial score (nSPS) is 18.8. The molecule has 0 unspecified atom stereocenters. The van der Waals surface area contributed by atoms with Crippen LogP contribution in [-0.2, 0) is 6.54 Å². The molecule has 100 valence electrons. The van der Waals surface area contributed by atoms with Crippen LogP contribution in [0.4, 0.5) is 0 Å². The van der Waals surface area contributed by atoms with Crippen molar-refractivity contribution in [3.05, 3.63) is 34.9 Å². The number of hydrogen-bond acceptors (Lipinski definition) is 3. The van der Waals surface area contributed by atoms with Crippen molar-refractivity contribution in [1.82, 2.24) is 9.80 Å². The summed E-state index contributed by atoms with van der Waals surface area (Å²) in [4.78, 5) is 4.93. The molecular formula is C14H22ClN3. The summed E-state index contributed by atoms with van der Waals surface area (Å²) in [6, 6.07) is 8.12. The van der Waals surface area contributed by atoms with Crippen LogP contribution in [0.15, 0.2) is 24.3 Å². The van der Waals surface area contributed by atoms with Crippen LogP contribution in [0.3, 0.4) is 0 Å². The third kappa shape index (κ3) is 3.95. The fourth-order valence-corrected chi connectivity index (χ4v) is 2.65. The van der Waals surface area contributed by atoms with Gasteiger partial charge in [0.1, 0.15) is 0 Å². The Kier molecular flexibility index (Phi) is 5.45. The highest BCUT2D eigenvalue weighted by Crippen LogP contribution is 2.17. The van der Waals surface area contributed by atoms with Gasteiger partial charge in [0, 0.05) is 37.7 Å². The fraction of sp³-hybridized carbons (Fsp3) is 0.571. The first-order valence-electron chi connectivity index (χ1n) is 6.68. The van der Waals surface area contributed by atoms with Gasteiger partial charge >= 0.3 is 0 Å². The standard InChI is InChI=1S/C14H22ClN3/c15-14-5-2-1-4-13(14)12-18-8-3-7-17(9-6-16)10-11-18/h1-2,4-5H,3,6-12,16H2. The maximum atomic E-state index is 6.21. The van der Waals surface area contributed by atoms with Gasteiger partial charge in [-0.05, 0) is 31.1 Å². The lowest BCUT2D eigenvalue weighted by Crippen LogP contribution is -2.33. The molecule has 1 heterocycles. The number of halogens is 1. The van der Waals surface area contributed by atoms with Gasteiger partial charge in [0.25, 0.3) is 0 Å². The summed E-state index contributed by atoms with van der Waals surface area (Å²) in [5, 5.41) is 0.876. The van der Waals surface area contributed by atoms with Gasteiger partial charge in [0.2, 0.25) is 0 Å². The minimum Gasteiger partial charge on any atom is -0.329 e. The monoisotopic (exact) mass is 267 g/mol. The maximum absolute atomic E-state index is 6.21. The molecule has 1 aromatic carbocycles. The van der Waals surface area contributed by atoms with Crippen LogP contribution in [0.5, 0.6) is 0 Å². The first kappa shape index (κ1) is 13.8. The summed E-state index contributed by atoms with van der Waals surface area (Å²) in [7, 11) is 0. The first-order chi connectivity index (χ1) is 8.79. The van der Waals surface area contributed by atoms with Crippen molar-refractivity contribution in [2.45, 2.75) is 13.0 Å². The number of benzene rings is 1. The molecule has 0 aliphatic carbocycles. The SMILES string of the molecule is NCCN1CCCN(Cc2ccccc2Cl)CC1. The molecular weight excluding hydrogens is 246 g/mol. The van der Waals surface area contributed by atoms with E-state index in [9.17, 15) is 0 Å². The molecule has 1 fully saturated rings. The van der Waals surface area contributed by atoms with Gasteiger partial charge in [-0.25, -0.2) is 0 Å². The van der Waals surface area contributed by atoms with E-state index in [1.807, 2.05) is 12.1 Å². The predicted octanol–water partition coefficient (Wildman–Crippen LogP) is 1.81. The van der Waals surface area contributed by atoms with E-state index >= 15 is 0 Å². The maximum Gasteiger partial charge on any atom is 0.0451 e. The van der Waals surface area contributed by atoms with Crippen LogP contribution in [0.2, 0.25) is 5.02 Å². The van der Waals surface area contributed by atoms with Crippen LogP contribution in [-0.4, -0.2) is 49.1 Å². The van der Waals surface area contributed by atoms with Crippen molar-refractivity contribution in [1.29, 1.82) is 0 Å². The number of nitrogens with zero attached hydrogens (tertiary/aromatic N) is 2. The zero-order valence-electron chi connectivity index (χ0n) is 10.8. The van der Waals surface area contributed by atoms with Crippen molar-refractivity contribution in [3.63, 3.8) is 0 Å². The molecule has 1 saturated heterocycles. The molecule has 0 saturated carbocycles. The van der Waals surface area contributed by atoms with E-state index < -0.39 is 0 Å². The lowest BCUT2D eigenvalue weighted by molar-refractivity contribution is 0.255. The predicted molar refractivity (Wildman–Crippen MR) is 76.8 cm³/mol. The highest BCUT2D eigenvalue weighted by molar-refractivity contribution is 6.31. The van der Waals surface area contributed by atoms with Crippen LogP contribution in [0, 0.1) is 0 Å². The summed E-state index contributed by atoms with van der Waals surface area (Å²) < 4.78 is 0. The summed E-state index contributed by atoms with van der Waals surface area (Å²) in [6.07, 6.45) is 1.21. The zero-order chi connectivity index (χ0) is 12.8. The van der Waals surface area contributed by atoms with E-state index in [2.05, 4.69) is 21.9 Å². The van der Waals surface area contributed by atoms with E-state index in [-0.39, 0.29) is 0 Å². The molecule has 3 nitrogen and oxygen atoms in total. The van der Waals surface area contributed by atoms with Crippen molar-refractivity contribution >= 4 is 11.6 Å². The van der Waals surface area contributed by atoms with Gasteiger partial charge in [-0.15, -0.1) is 0 Å². The Morgan fingerprint density at radius 2 is 1.78 bits per heavy atom. The number of nitrogens with two attached hydrogens (primary N) is 1. The number of hydrogen-bond donors (Lipinski definition) is 1. The summed E-state index contributed by atoms with van der Waals surface area (Å²) in [5.41, 5.74) is 6.84. The Balaban J connectivity index is 1.89. The van der Waals surface area contributed by atoms with Crippen LogP contribution in [0.1, 0.15) is 12.0 Å². The first-order valence-corrected chi connectivity index (χ1v) is 7.05. The third-order valence-corrected chi connectivity index (χ3v) is 3.85. The van der Waals surface area contributed by atoms with Gasteiger partial charge < -0.3 is 10.6 Å². The molecule has 0 amide bonds. The average Bonchev–Trinajstić information content (AvgIpc) is 2.59. The Morgan fingerprint density at radius 1 is 1.06 bits per heavy atom. The molecule has 0 radical (unpaired) electrons. The smallest absolute Gasteiger partial charge is 0.0451 e. The summed E-state index contributed by atoms with van der Waals surface area (Å²) >= 11 is 6.21. The molecule has 0 bridgehead atoms. The van der Waals surface area contributed by atoms with Crippen LogP contribution in [0.25, 0.3) is 0 Å². The van der Waals surface area contributed by atoms with Gasteiger partial charge in [-0.3, -0.25) is 4.90 Å². The molecule has 1 aliphatic rings. The van der Waals surface area contributed by atoms with Gasteiger partial charge in [0.05, 0.1) is 0 Å². The molecule has 2 N–H and O–H groups in total. The molecule has 18 heavy (non-hydrogen) atoms. The second kappa shape index (κ2) is 7.10. The van der Waals surface area contributed by atoms with E-state index in [0.29, 0.717) is 0 Å². The van der Waals surface area contributed by atoms with Gasteiger partial charge in [-0.1, -0.05) is 29.8 Å². The van der Waals surface area contributed by atoms with Crippen molar-refractivity contribution in [2.75, 3.05) is 39.3 Å². The lowest BCUT2D eigenvalue weighted by Gasteiger charge is -2.21. The molecule has 1 aromatic rings. The fourth-order valence-electron chi connectivity index (χ4n) is 2.46. The van der Waals surface area contributed by atoms with Crippen LogP contribution >= 0.6 is 11.6 Å². The molecule has 2 rings (SSSR count). The van der Waals surface area contributed by atoms with E-state index in [4.69, 9.17) is 17.3 Å². The molecule has 0 atom stereocenters. The quantitative estimate of drug-likeness (QED) is 0.903. The zero-order valence-corrected chi connectivity index (χ0v) is 11.6. The van der Waals surface area contributed by atoms with Crippen LogP contribution < -0.4 is 5.73 Å². The average molecular weight is 268 g/mol. The van der Waals surface area contributed by atoms with Gasteiger partial charge in [-0.2, -0.15) is 0 Å². The van der Waals surface area contributed by atoms with Crippen molar-refractivity contribution < 1.29 is 0 Å². The second-order valence-electron chi connectivity index (χ2n) is 4.85. The van der Waals surface area contributed by atoms with E-state index in [1.54, 1.807) is 0 Å². The van der Waals surface area contributed by atoms with Gasteiger partial charge in [0.15, 0.2) is 0 Å². The third-order valence-electron chi connectivity index (χ3n) is 3.48. The van der Waals surface area contributed by atoms with Crippen molar-refractivity contribution in [3.8, 4) is 0 Å². The second-order valence-corrected chi connectivity index (χ2v) is 5.26. The summed E-state index contributed by atoms with van der Waals surface area (Å²) in [5.74, 6) is 0. The van der Waals surface area contributed by atoms with E-state index in [0.717, 1.165) is 50.8 Å². The van der Waals surface area contributed by atoms with Crippen molar-refractivity contribution in [2.24, 2.45) is 5.73 Å². The Hall–Kier alpha value is -0.610. The molecule has 0 aromatic heterocycles. The topological polar surface area (TPSA) is 32.5 Å². The molecule has 4 heteroatoms. The molecule has 1 aliphatic heterocycles. The highest BCUT2D eigenvalue weighted by Gasteiger charge is 2.14. The lowest BCUT2D eigenvalue weighted by atomic mass is 10.2. The molecule has 0 spiro atoms. The highest BCUT2D eigenvalue weighted by atomic mass is 35.5. The minimum atomic E-state index is 0.754. The Bertz CT molecular complexity index is 370. The largest absolute Gasteiger partial charge is 0.329 e.